The summed E-state index contributed by atoms with van der Waals surface area (Å²) in [4.78, 5) is 12.7. The smallest absolute Gasteiger partial charge is 0.248 e. The van der Waals surface area contributed by atoms with Gasteiger partial charge in [-0.3, -0.25) is 4.79 Å². The van der Waals surface area contributed by atoms with Gasteiger partial charge in [-0.2, -0.15) is 5.10 Å². The second kappa shape index (κ2) is 7.75. The van der Waals surface area contributed by atoms with Crippen LogP contribution >= 0.6 is 23.2 Å². The Kier molecular flexibility index (Phi) is 5.59. The van der Waals surface area contributed by atoms with Crippen LogP contribution in [0.25, 0.3) is 5.69 Å². The van der Waals surface area contributed by atoms with E-state index < -0.39 is 5.38 Å². The van der Waals surface area contributed by atoms with Crippen LogP contribution in [-0.4, -0.2) is 15.7 Å². The first-order valence-corrected chi connectivity index (χ1v) is 9.44. The van der Waals surface area contributed by atoms with Gasteiger partial charge in [-0.15, -0.1) is 11.6 Å². The number of para-hydroxylation sites is 1. The van der Waals surface area contributed by atoms with E-state index in [2.05, 4.69) is 31.2 Å². The Morgan fingerprint density at radius 2 is 1.70 bits per heavy atom. The molecule has 0 saturated heterocycles. The lowest BCUT2D eigenvalue weighted by Gasteiger charge is -2.14. The van der Waals surface area contributed by atoms with Crippen molar-refractivity contribution in [3.8, 4) is 5.69 Å². The van der Waals surface area contributed by atoms with Crippen LogP contribution in [0.3, 0.4) is 0 Å². The van der Waals surface area contributed by atoms with Crippen molar-refractivity contribution in [1.82, 2.24) is 9.78 Å². The van der Waals surface area contributed by atoms with E-state index in [0.717, 1.165) is 11.3 Å². The number of carbonyl (C=O) groups excluding carboxylic acids is 1. The Hall–Kier alpha value is -2.30. The highest BCUT2D eigenvalue weighted by atomic mass is 35.5. The van der Waals surface area contributed by atoms with Crippen LogP contribution in [0, 0.1) is 0 Å². The average molecular weight is 402 g/mol. The molecule has 140 valence electrons. The number of rotatable bonds is 4. The zero-order valence-electron chi connectivity index (χ0n) is 15.4. The molecule has 0 aliphatic rings. The Morgan fingerprint density at radius 3 is 2.33 bits per heavy atom. The van der Waals surface area contributed by atoms with Crippen molar-refractivity contribution in [2.75, 3.05) is 5.32 Å². The van der Waals surface area contributed by atoms with E-state index >= 15 is 0 Å². The molecule has 3 aromatic rings. The minimum absolute atomic E-state index is 0.189. The predicted molar refractivity (Wildman–Crippen MR) is 111 cm³/mol. The van der Waals surface area contributed by atoms with Crippen LogP contribution in [-0.2, 0) is 10.2 Å². The molecule has 6 heteroatoms. The first-order valence-electron chi connectivity index (χ1n) is 8.62. The van der Waals surface area contributed by atoms with E-state index in [1.807, 2.05) is 54.6 Å². The van der Waals surface area contributed by atoms with Crippen LogP contribution in [0.2, 0.25) is 5.02 Å². The number of alkyl halides is 1. The first kappa shape index (κ1) is 19.5. The summed E-state index contributed by atoms with van der Waals surface area (Å²) in [5, 5.41) is 7.31. The third-order valence-corrected chi connectivity index (χ3v) is 4.90. The van der Waals surface area contributed by atoms with Crippen LogP contribution < -0.4 is 5.32 Å². The SMILES string of the molecule is CC(C)(C)c1cc(NC(=O)[C@H](Cl)c2ccccc2)n(-c2ccccc2Cl)n1. The zero-order valence-corrected chi connectivity index (χ0v) is 16.9. The Bertz CT molecular complexity index is 946. The number of carbonyl (C=O) groups is 1. The maximum Gasteiger partial charge on any atom is 0.248 e. The fourth-order valence-electron chi connectivity index (χ4n) is 2.61. The number of anilines is 1. The first-order chi connectivity index (χ1) is 12.8. The lowest BCUT2D eigenvalue weighted by Crippen LogP contribution is -2.19. The molecule has 4 nitrogen and oxygen atoms in total. The van der Waals surface area contributed by atoms with Crippen molar-refractivity contribution in [3.63, 3.8) is 0 Å². The van der Waals surface area contributed by atoms with E-state index in [0.29, 0.717) is 16.5 Å². The molecular weight excluding hydrogens is 381 g/mol. The maximum atomic E-state index is 12.7. The lowest BCUT2D eigenvalue weighted by molar-refractivity contribution is -0.116. The van der Waals surface area contributed by atoms with Crippen LogP contribution in [0.5, 0.6) is 0 Å². The molecule has 0 spiro atoms. The van der Waals surface area contributed by atoms with Gasteiger partial charge in [0.15, 0.2) is 0 Å². The Morgan fingerprint density at radius 1 is 1.07 bits per heavy atom. The standard InChI is InChI=1S/C21H21Cl2N3O/c1-21(2,3)17-13-18(26(25-17)16-12-8-7-11-15(16)22)24-20(27)19(23)14-9-5-4-6-10-14/h4-13,19H,1-3H3,(H,24,27)/t19-/m1/s1. The third-order valence-electron chi connectivity index (χ3n) is 4.13. The summed E-state index contributed by atoms with van der Waals surface area (Å²) in [6.07, 6.45) is 0. The summed E-state index contributed by atoms with van der Waals surface area (Å²) in [6, 6.07) is 18.5. The summed E-state index contributed by atoms with van der Waals surface area (Å²) in [6.45, 7) is 6.19. The summed E-state index contributed by atoms with van der Waals surface area (Å²) in [7, 11) is 0. The van der Waals surface area contributed by atoms with Gasteiger partial charge in [0.2, 0.25) is 5.91 Å². The number of aromatic nitrogens is 2. The molecule has 1 atom stereocenters. The molecule has 27 heavy (non-hydrogen) atoms. The lowest BCUT2D eigenvalue weighted by atomic mass is 9.92. The van der Waals surface area contributed by atoms with Gasteiger partial charge in [-0.05, 0) is 17.7 Å². The summed E-state index contributed by atoms with van der Waals surface area (Å²) in [5.41, 5.74) is 2.07. The molecule has 3 rings (SSSR count). The normalized spacial score (nSPS) is 12.6. The highest BCUT2D eigenvalue weighted by Gasteiger charge is 2.24. The number of nitrogens with one attached hydrogen (secondary N) is 1. The van der Waals surface area contributed by atoms with Gasteiger partial charge >= 0.3 is 0 Å². The van der Waals surface area contributed by atoms with Gasteiger partial charge in [0.25, 0.3) is 0 Å². The Labute approximate surface area is 169 Å². The monoisotopic (exact) mass is 401 g/mol. The van der Waals surface area contributed by atoms with E-state index in [4.69, 9.17) is 23.2 Å². The maximum absolute atomic E-state index is 12.7. The highest BCUT2D eigenvalue weighted by Crippen LogP contribution is 2.30. The van der Waals surface area contributed by atoms with E-state index in [-0.39, 0.29) is 11.3 Å². The number of hydrogen-bond acceptors (Lipinski definition) is 2. The van der Waals surface area contributed by atoms with Gasteiger partial charge in [-0.25, -0.2) is 4.68 Å². The molecule has 0 saturated carbocycles. The molecule has 0 aliphatic carbocycles. The quantitative estimate of drug-likeness (QED) is 0.566. The number of benzene rings is 2. The van der Waals surface area contributed by atoms with E-state index in [9.17, 15) is 4.79 Å². The van der Waals surface area contributed by atoms with Crippen molar-refractivity contribution in [2.45, 2.75) is 31.6 Å². The van der Waals surface area contributed by atoms with Gasteiger partial charge in [0, 0.05) is 11.5 Å². The molecule has 0 radical (unpaired) electrons. The fraction of sp³-hybridized carbons (Fsp3) is 0.238. The van der Waals surface area contributed by atoms with Crippen LogP contribution in [0.4, 0.5) is 5.82 Å². The van der Waals surface area contributed by atoms with Crippen molar-refractivity contribution >= 4 is 34.9 Å². The van der Waals surface area contributed by atoms with Crippen molar-refractivity contribution in [1.29, 1.82) is 0 Å². The second-order valence-electron chi connectivity index (χ2n) is 7.29. The minimum atomic E-state index is -0.807. The van der Waals surface area contributed by atoms with Crippen molar-refractivity contribution < 1.29 is 4.79 Å². The minimum Gasteiger partial charge on any atom is -0.309 e. The predicted octanol–water partition coefficient (Wildman–Crippen LogP) is 5.74. The van der Waals surface area contributed by atoms with E-state index in [1.54, 1.807) is 10.7 Å². The van der Waals surface area contributed by atoms with Crippen LogP contribution in [0.1, 0.15) is 37.4 Å². The molecule has 0 aliphatic heterocycles. The van der Waals surface area contributed by atoms with Crippen LogP contribution in [0.15, 0.2) is 60.7 Å². The molecule has 1 heterocycles. The molecule has 2 aromatic carbocycles. The van der Waals surface area contributed by atoms with Gasteiger partial charge in [0.05, 0.1) is 16.4 Å². The highest BCUT2D eigenvalue weighted by molar-refractivity contribution is 6.33. The van der Waals surface area contributed by atoms with E-state index in [1.165, 1.54) is 0 Å². The number of nitrogens with zero attached hydrogens (tertiary/aromatic N) is 2. The Balaban J connectivity index is 1.98. The largest absolute Gasteiger partial charge is 0.309 e. The zero-order chi connectivity index (χ0) is 19.6. The molecular formula is C21H21Cl2N3O. The second-order valence-corrected chi connectivity index (χ2v) is 8.13. The third kappa shape index (κ3) is 4.34. The molecule has 0 unspecified atom stereocenters. The average Bonchev–Trinajstić information content (AvgIpc) is 3.06. The molecule has 0 fully saturated rings. The number of amides is 1. The summed E-state index contributed by atoms with van der Waals surface area (Å²) in [5.74, 6) is 0.205. The molecule has 1 N–H and O–H groups in total. The molecule has 0 bridgehead atoms. The molecule has 1 amide bonds. The van der Waals surface area contributed by atoms with Gasteiger partial charge in [-0.1, -0.05) is 74.8 Å². The summed E-state index contributed by atoms with van der Waals surface area (Å²) >= 11 is 12.7. The fourth-order valence-corrected chi connectivity index (χ4v) is 3.02. The van der Waals surface area contributed by atoms with Gasteiger partial charge < -0.3 is 5.32 Å². The van der Waals surface area contributed by atoms with Crippen molar-refractivity contribution in [3.05, 3.63) is 76.9 Å². The van der Waals surface area contributed by atoms with Crippen molar-refractivity contribution in [2.24, 2.45) is 0 Å². The van der Waals surface area contributed by atoms with Gasteiger partial charge in [0.1, 0.15) is 11.2 Å². The topological polar surface area (TPSA) is 46.9 Å². The molecule has 1 aromatic heterocycles. The number of halogens is 2. The number of hydrogen-bond donors (Lipinski definition) is 1. The summed E-state index contributed by atoms with van der Waals surface area (Å²) < 4.78 is 1.65.